The molecule has 0 bridgehead atoms. The van der Waals surface area contributed by atoms with Crippen molar-refractivity contribution in [3.8, 4) is 0 Å². The molecule has 1 aliphatic heterocycles. The first-order chi connectivity index (χ1) is 10.2. The van der Waals surface area contributed by atoms with E-state index in [1.54, 1.807) is 6.92 Å². The van der Waals surface area contributed by atoms with Gasteiger partial charge in [0.25, 0.3) is 0 Å². The smallest absolute Gasteiger partial charge is 0.323 e. The number of morpholine rings is 1. The molecule has 2 unspecified atom stereocenters. The van der Waals surface area contributed by atoms with Crippen LogP contribution in [-0.2, 0) is 19.1 Å². The number of amides is 1. The lowest BCUT2D eigenvalue weighted by molar-refractivity contribution is -0.156. The maximum absolute atomic E-state index is 12.4. The first-order valence-corrected chi connectivity index (χ1v) is 7.97. The predicted octanol–water partition coefficient (Wildman–Crippen LogP) is 0.698. The summed E-state index contributed by atoms with van der Waals surface area (Å²) in [6.07, 6.45) is 3.68. The quantitative estimate of drug-likeness (QED) is 0.701. The molecule has 0 aromatic carbocycles. The van der Waals surface area contributed by atoms with E-state index in [1.165, 1.54) is 0 Å². The summed E-state index contributed by atoms with van der Waals surface area (Å²) in [6, 6.07) is -0.428. The number of hydrogen-bond donors (Lipinski definition) is 1. The summed E-state index contributed by atoms with van der Waals surface area (Å²) in [4.78, 5) is 26.5. The van der Waals surface area contributed by atoms with Crippen LogP contribution < -0.4 is 5.32 Å². The van der Waals surface area contributed by atoms with E-state index in [-0.39, 0.29) is 24.0 Å². The Morgan fingerprint density at radius 2 is 2.14 bits per heavy atom. The summed E-state index contributed by atoms with van der Waals surface area (Å²) in [5, 5.41) is 3.01. The fraction of sp³-hybridized carbons (Fsp3) is 0.867. The van der Waals surface area contributed by atoms with Gasteiger partial charge in [-0.05, 0) is 26.2 Å². The average molecular weight is 298 g/mol. The number of esters is 1. The van der Waals surface area contributed by atoms with Crippen LogP contribution in [0.3, 0.4) is 0 Å². The van der Waals surface area contributed by atoms with Gasteiger partial charge in [-0.2, -0.15) is 0 Å². The molecule has 1 heterocycles. The van der Waals surface area contributed by atoms with Crippen LogP contribution in [0.15, 0.2) is 0 Å². The minimum atomic E-state index is -0.389. The highest BCUT2D eigenvalue weighted by molar-refractivity contribution is 5.84. The summed E-state index contributed by atoms with van der Waals surface area (Å²) < 4.78 is 10.6. The highest BCUT2D eigenvalue weighted by Gasteiger charge is 2.39. The third-order valence-corrected chi connectivity index (χ3v) is 3.92. The van der Waals surface area contributed by atoms with Crippen molar-refractivity contribution in [2.24, 2.45) is 0 Å². The molecule has 1 saturated carbocycles. The minimum absolute atomic E-state index is 0.0254. The molecule has 2 aliphatic rings. The second-order valence-corrected chi connectivity index (χ2v) is 5.67. The van der Waals surface area contributed by atoms with Gasteiger partial charge in [0.05, 0.1) is 19.8 Å². The van der Waals surface area contributed by atoms with Gasteiger partial charge in [-0.15, -0.1) is 0 Å². The zero-order valence-corrected chi connectivity index (χ0v) is 13.0. The molecule has 0 spiro atoms. The molecule has 0 aromatic heterocycles. The van der Waals surface area contributed by atoms with Gasteiger partial charge < -0.3 is 14.8 Å². The molecule has 21 heavy (non-hydrogen) atoms. The number of carbonyl (C=O) groups is 2. The Labute approximate surface area is 126 Å². The van der Waals surface area contributed by atoms with Crippen LogP contribution in [0.25, 0.3) is 0 Å². The molecule has 0 aromatic rings. The Kier molecular flexibility index (Phi) is 5.99. The second kappa shape index (κ2) is 7.75. The standard InChI is InChI=1S/C15H26N2O4/c1-3-5-12(15(19)21-4-2)17-8-9-20-10-13(17)14(18)16-11-6-7-11/h11-13H,3-10H2,1-2H3,(H,16,18). The summed E-state index contributed by atoms with van der Waals surface area (Å²) in [5.74, 6) is -0.256. The van der Waals surface area contributed by atoms with Crippen LogP contribution in [-0.4, -0.2) is 61.3 Å². The number of carbonyl (C=O) groups excluding carboxylic acids is 2. The van der Waals surface area contributed by atoms with Gasteiger partial charge in [-0.25, -0.2) is 0 Å². The molecule has 0 radical (unpaired) electrons. The molecule has 1 aliphatic carbocycles. The van der Waals surface area contributed by atoms with Gasteiger partial charge in [0.2, 0.25) is 5.91 Å². The SMILES string of the molecule is CCCC(C(=O)OCC)N1CCOCC1C(=O)NC1CC1. The Balaban J connectivity index is 2.05. The lowest BCUT2D eigenvalue weighted by atomic mass is 10.1. The summed E-state index contributed by atoms with van der Waals surface area (Å²) in [7, 11) is 0. The van der Waals surface area contributed by atoms with Crippen LogP contribution >= 0.6 is 0 Å². The third kappa shape index (κ3) is 4.41. The van der Waals surface area contributed by atoms with E-state index in [0.29, 0.717) is 38.8 Å². The molecule has 1 saturated heterocycles. The molecular weight excluding hydrogens is 272 g/mol. The van der Waals surface area contributed by atoms with E-state index in [4.69, 9.17) is 9.47 Å². The van der Waals surface area contributed by atoms with E-state index in [1.807, 2.05) is 11.8 Å². The maximum atomic E-state index is 12.4. The topological polar surface area (TPSA) is 67.9 Å². The Bertz CT molecular complexity index is 371. The van der Waals surface area contributed by atoms with E-state index in [9.17, 15) is 9.59 Å². The van der Waals surface area contributed by atoms with Crippen LogP contribution in [0.2, 0.25) is 0 Å². The summed E-state index contributed by atoms with van der Waals surface area (Å²) in [6.45, 7) is 5.68. The largest absolute Gasteiger partial charge is 0.465 e. The van der Waals surface area contributed by atoms with Crippen molar-refractivity contribution in [3.05, 3.63) is 0 Å². The zero-order chi connectivity index (χ0) is 15.2. The van der Waals surface area contributed by atoms with Crippen molar-refractivity contribution in [2.75, 3.05) is 26.4 Å². The average Bonchev–Trinajstić information content (AvgIpc) is 3.29. The number of nitrogens with one attached hydrogen (secondary N) is 1. The highest BCUT2D eigenvalue weighted by Crippen LogP contribution is 2.21. The van der Waals surface area contributed by atoms with Crippen molar-refractivity contribution in [1.29, 1.82) is 0 Å². The van der Waals surface area contributed by atoms with Gasteiger partial charge in [0, 0.05) is 12.6 Å². The molecule has 120 valence electrons. The maximum Gasteiger partial charge on any atom is 0.323 e. The van der Waals surface area contributed by atoms with Gasteiger partial charge in [0.15, 0.2) is 0 Å². The number of rotatable bonds is 7. The van der Waals surface area contributed by atoms with Crippen LogP contribution in [0.5, 0.6) is 0 Å². The fourth-order valence-electron chi connectivity index (χ4n) is 2.67. The molecule has 2 atom stereocenters. The molecule has 6 heteroatoms. The van der Waals surface area contributed by atoms with E-state index < -0.39 is 0 Å². The van der Waals surface area contributed by atoms with Crippen molar-refractivity contribution >= 4 is 11.9 Å². The summed E-state index contributed by atoms with van der Waals surface area (Å²) >= 11 is 0. The van der Waals surface area contributed by atoms with Crippen LogP contribution in [0.1, 0.15) is 39.5 Å². The Morgan fingerprint density at radius 1 is 1.38 bits per heavy atom. The Morgan fingerprint density at radius 3 is 2.76 bits per heavy atom. The number of hydrogen-bond acceptors (Lipinski definition) is 5. The molecule has 6 nitrogen and oxygen atoms in total. The lowest BCUT2D eigenvalue weighted by Crippen LogP contribution is -2.59. The first-order valence-electron chi connectivity index (χ1n) is 7.97. The first kappa shape index (κ1) is 16.2. The monoisotopic (exact) mass is 298 g/mol. The van der Waals surface area contributed by atoms with Crippen LogP contribution in [0.4, 0.5) is 0 Å². The van der Waals surface area contributed by atoms with Gasteiger partial charge >= 0.3 is 5.97 Å². The zero-order valence-electron chi connectivity index (χ0n) is 13.0. The molecule has 1 N–H and O–H groups in total. The van der Waals surface area contributed by atoms with Gasteiger partial charge in [0.1, 0.15) is 12.1 Å². The molecule has 2 fully saturated rings. The molecule has 1 amide bonds. The number of ether oxygens (including phenoxy) is 2. The fourth-order valence-corrected chi connectivity index (χ4v) is 2.67. The normalized spacial score (nSPS) is 24.4. The van der Waals surface area contributed by atoms with Gasteiger partial charge in [-0.1, -0.05) is 13.3 Å². The van der Waals surface area contributed by atoms with Crippen molar-refractivity contribution in [1.82, 2.24) is 10.2 Å². The lowest BCUT2D eigenvalue weighted by Gasteiger charge is -2.38. The third-order valence-electron chi connectivity index (χ3n) is 3.92. The minimum Gasteiger partial charge on any atom is -0.465 e. The highest BCUT2D eigenvalue weighted by atomic mass is 16.5. The van der Waals surface area contributed by atoms with Crippen molar-refractivity contribution in [3.63, 3.8) is 0 Å². The molecule has 2 rings (SSSR count). The number of nitrogens with zero attached hydrogens (tertiary/aromatic N) is 1. The van der Waals surface area contributed by atoms with Crippen molar-refractivity contribution in [2.45, 2.75) is 57.7 Å². The van der Waals surface area contributed by atoms with Gasteiger partial charge in [-0.3, -0.25) is 14.5 Å². The molecular formula is C15H26N2O4. The van der Waals surface area contributed by atoms with E-state index in [0.717, 1.165) is 19.3 Å². The van der Waals surface area contributed by atoms with Crippen molar-refractivity contribution < 1.29 is 19.1 Å². The second-order valence-electron chi connectivity index (χ2n) is 5.67. The summed E-state index contributed by atoms with van der Waals surface area (Å²) in [5.41, 5.74) is 0. The van der Waals surface area contributed by atoms with E-state index in [2.05, 4.69) is 5.32 Å². The predicted molar refractivity (Wildman–Crippen MR) is 77.8 cm³/mol. The van der Waals surface area contributed by atoms with E-state index >= 15 is 0 Å². The van der Waals surface area contributed by atoms with Crippen LogP contribution in [0, 0.1) is 0 Å². The Hall–Kier alpha value is -1.14.